The Labute approximate surface area is 134 Å². The number of rotatable bonds is 4. The van der Waals surface area contributed by atoms with Crippen LogP contribution in [0.15, 0.2) is 50.7 Å². The van der Waals surface area contributed by atoms with E-state index in [2.05, 4.69) is 66.2 Å². The summed E-state index contributed by atoms with van der Waals surface area (Å²) in [6.07, 6.45) is 0.895. The second-order valence-electron chi connectivity index (χ2n) is 5.28. The molecule has 0 aromatic heterocycles. The smallest absolute Gasteiger partial charge is 0.0178 e. The average molecular weight is 350 g/mol. The normalized spacial score (nSPS) is 12.4. The zero-order valence-electron chi connectivity index (χ0n) is 12.1. The van der Waals surface area contributed by atoms with Gasteiger partial charge in [-0.3, -0.25) is 0 Å². The predicted molar refractivity (Wildman–Crippen MR) is 91.5 cm³/mol. The molecule has 3 heteroatoms. The van der Waals surface area contributed by atoms with Gasteiger partial charge in [-0.2, -0.15) is 0 Å². The molecule has 0 saturated carbocycles. The van der Waals surface area contributed by atoms with Gasteiger partial charge < -0.3 is 5.73 Å². The zero-order valence-corrected chi connectivity index (χ0v) is 14.5. The molecule has 0 aliphatic rings. The van der Waals surface area contributed by atoms with Crippen LogP contribution in [-0.2, 0) is 6.42 Å². The molecule has 0 fully saturated rings. The van der Waals surface area contributed by atoms with Crippen molar-refractivity contribution in [2.24, 2.45) is 5.73 Å². The number of hydrogen-bond acceptors (Lipinski definition) is 2. The summed E-state index contributed by atoms with van der Waals surface area (Å²) >= 11 is 5.35. The number of nitrogens with two attached hydrogens (primary N) is 1. The maximum absolute atomic E-state index is 5.96. The van der Waals surface area contributed by atoms with Crippen molar-refractivity contribution in [2.45, 2.75) is 43.0 Å². The van der Waals surface area contributed by atoms with Crippen LogP contribution in [0.1, 0.15) is 23.6 Å². The average Bonchev–Trinajstić information content (AvgIpc) is 2.36. The van der Waals surface area contributed by atoms with Gasteiger partial charge in [0.15, 0.2) is 0 Å². The van der Waals surface area contributed by atoms with Crippen molar-refractivity contribution in [1.82, 2.24) is 0 Å². The second kappa shape index (κ2) is 6.79. The molecule has 0 aliphatic carbocycles. The lowest BCUT2D eigenvalue weighted by Crippen LogP contribution is -2.18. The lowest BCUT2D eigenvalue weighted by atomic mass is 10.1. The quantitative estimate of drug-likeness (QED) is 0.830. The molecule has 1 unspecified atom stereocenters. The summed E-state index contributed by atoms with van der Waals surface area (Å²) in [5.41, 5.74) is 9.93. The summed E-state index contributed by atoms with van der Waals surface area (Å²) in [4.78, 5) is 2.56. The molecule has 0 heterocycles. The van der Waals surface area contributed by atoms with Gasteiger partial charge in [-0.25, -0.2) is 0 Å². The molecule has 2 aromatic carbocycles. The third-order valence-corrected chi connectivity index (χ3v) is 4.87. The van der Waals surface area contributed by atoms with E-state index in [1.54, 1.807) is 0 Å². The van der Waals surface area contributed by atoms with Gasteiger partial charge in [-0.05, 0) is 74.2 Å². The monoisotopic (exact) mass is 349 g/mol. The summed E-state index contributed by atoms with van der Waals surface area (Å²) in [6, 6.07) is 13.2. The van der Waals surface area contributed by atoms with Crippen LogP contribution in [0.3, 0.4) is 0 Å². The fraction of sp³-hybridized carbons (Fsp3) is 0.294. The lowest BCUT2D eigenvalue weighted by molar-refractivity contribution is 0.729. The Morgan fingerprint density at radius 2 is 1.85 bits per heavy atom. The van der Waals surface area contributed by atoms with Crippen LogP contribution in [-0.4, -0.2) is 6.04 Å². The molecule has 0 bridgehead atoms. The van der Waals surface area contributed by atoms with Crippen LogP contribution in [0.25, 0.3) is 0 Å². The van der Waals surface area contributed by atoms with Crippen molar-refractivity contribution in [3.63, 3.8) is 0 Å². The molecule has 2 aromatic rings. The van der Waals surface area contributed by atoms with Gasteiger partial charge in [-0.15, -0.1) is 0 Å². The van der Waals surface area contributed by atoms with Gasteiger partial charge in [-0.1, -0.05) is 33.8 Å². The van der Waals surface area contributed by atoms with Crippen molar-refractivity contribution >= 4 is 27.7 Å². The van der Waals surface area contributed by atoms with E-state index >= 15 is 0 Å². The largest absolute Gasteiger partial charge is 0.328 e. The number of benzene rings is 2. The van der Waals surface area contributed by atoms with Gasteiger partial charge in [0.25, 0.3) is 0 Å². The fourth-order valence-corrected chi connectivity index (χ4v) is 3.50. The highest BCUT2D eigenvalue weighted by Gasteiger charge is 2.08. The first-order chi connectivity index (χ1) is 9.45. The van der Waals surface area contributed by atoms with Crippen molar-refractivity contribution in [3.05, 3.63) is 57.6 Å². The minimum absolute atomic E-state index is 0.170. The molecular formula is C17H20BrNS. The Balaban J connectivity index is 2.30. The van der Waals surface area contributed by atoms with Gasteiger partial charge in [0.05, 0.1) is 0 Å². The van der Waals surface area contributed by atoms with E-state index in [0.717, 1.165) is 10.9 Å². The van der Waals surface area contributed by atoms with E-state index in [1.807, 2.05) is 18.7 Å². The highest BCUT2D eigenvalue weighted by Crippen LogP contribution is 2.33. The van der Waals surface area contributed by atoms with Gasteiger partial charge >= 0.3 is 0 Å². The van der Waals surface area contributed by atoms with Crippen molar-refractivity contribution in [3.8, 4) is 0 Å². The molecule has 1 nitrogen and oxygen atoms in total. The van der Waals surface area contributed by atoms with Crippen LogP contribution >= 0.6 is 27.7 Å². The van der Waals surface area contributed by atoms with Crippen LogP contribution < -0.4 is 5.73 Å². The van der Waals surface area contributed by atoms with E-state index in [-0.39, 0.29) is 6.04 Å². The molecular weight excluding hydrogens is 330 g/mol. The number of hydrogen-bond donors (Lipinski definition) is 1. The van der Waals surface area contributed by atoms with Crippen molar-refractivity contribution in [2.75, 3.05) is 0 Å². The fourth-order valence-electron chi connectivity index (χ4n) is 2.06. The summed E-state index contributed by atoms with van der Waals surface area (Å²) in [7, 11) is 0. The zero-order chi connectivity index (χ0) is 14.7. The molecule has 0 saturated heterocycles. The molecule has 106 valence electrons. The molecule has 0 amide bonds. The first-order valence-electron chi connectivity index (χ1n) is 6.75. The van der Waals surface area contributed by atoms with Crippen LogP contribution in [0.4, 0.5) is 0 Å². The number of aryl methyl sites for hydroxylation is 2. The van der Waals surface area contributed by atoms with Crippen LogP contribution in [0.2, 0.25) is 0 Å². The Morgan fingerprint density at radius 1 is 1.10 bits per heavy atom. The van der Waals surface area contributed by atoms with E-state index in [0.29, 0.717) is 0 Å². The summed E-state index contributed by atoms with van der Waals surface area (Å²) < 4.78 is 1.11. The topological polar surface area (TPSA) is 26.0 Å². The Morgan fingerprint density at radius 3 is 2.50 bits per heavy atom. The standard InChI is InChI=1S/C17H20BrNS/c1-11-4-6-16(8-12(11)2)20-17-7-5-15(18)10-14(17)9-13(3)19/h4-8,10,13H,9,19H2,1-3H3. The van der Waals surface area contributed by atoms with Gasteiger partial charge in [0, 0.05) is 20.3 Å². The Hall–Kier alpha value is -0.770. The lowest BCUT2D eigenvalue weighted by Gasteiger charge is -2.12. The summed E-state index contributed by atoms with van der Waals surface area (Å²) in [5, 5.41) is 0. The molecule has 0 spiro atoms. The minimum Gasteiger partial charge on any atom is -0.328 e. The Bertz CT molecular complexity index is 608. The molecule has 2 rings (SSSR count). The Kier molecular flexibility index (Phi) is 5.30. The molecule has 0 aliphatic heterocycles. The van der Waals surface area contributed by atoms with Crippen molar-refractivity contribution in [1.29, 1.82) is 0 Å². The van der Waals surface area contributed by atoms with E-state index in [4.69, 9.17) is 5.73 Å². The third-order valence-electron chi connectivity index (χ3n) is 3.27. The SMILES string of the molecule is Cc1ccc(Sc2ccc(Br)cc2CC(C)N)cc1C. The molecule has 2 N–H and O–H groups in total. The maximum Gasteiger partial charge on any atom is 0.0178 e. The molecule has 0 radical (unpaired) electrons. The first-order valence-corrected chi connectivity index (χ1v) is 8.36. The highest BCUT2D eigenvalue weighted by molar-refractivity contribution is 9.10. The highest BCUT2D eigenvalue weighted by atomic mass is 79.9. The van der Waals surface area contributed by atoms with Crippen LogP contribution in [0.5, 0.6) is 0 Å². The molecule has 1 atom stereocenters. The van der Waals surface area contributed by atoms with Crippen molar-refractivity contribution < 1.29 is 0 Å². The van der Waals surface area contributed by atoms with E-state index < -0.39 is 0 Å². The first kappa shape index (κ1) is 15.6. The molecule has 20 heavy (non-hydrogen) atoms. The van der Waals surface area contributed by atoms with E-state index in [1.165, 1.54) is 26.5 Å². The van der Waals surface area contributed by atoms with Gasteiger partial charge in [0.2, 0.25) is 0 Å². The maximum atomic E-state index is 5.96. The summed E-state index contributed by atoms with van der Waals surface area (Å²) in [5.74, 6) is 0. The van der Waals surface area contributed by atoms with Gasteiger partial charge in [0.1, 0.15) is 0 Å². The predicted octanol–water partition coefficient (Wildman–Crippen LogP) is 5.11. The number of halogens is 1. The third kappa shape index (κ3) is 4.11. The minimum atomic E-state index is 0.170. The summed E-state index contributed by atoms with van der Waals surface area (Å²) in [6.45, 7) is 6.35. The second-order valence-corrected chi connectivity index (χ2v) is 7.31. The van der Waals surface area contributed by atoms with Crippen LogP contribution in [0, 0.1) is 13.8 Å². The van der Waals surface area contributed by atoms with E-state index in [9.17, 15) is 0 Å².